The molecule has 1 aromatic heterocycles. The minimum Gasteiger partial charge on any atom is -0.334 e. The molecule has 0 N–H and O–H groups in total. The Balaban J connectivity index is 1.29. The molecular formula is C22H20ClFN4O2. The first kappa shape index (κ1) is 18.1. The molecule has 4 aliphatic rings. The molecule has 154 valence electrons. The molecule has 2 aliphatic carbocycles. The van der Waals surface area contributed by atoms with E-state index in [9.17, 15) is 14.0 Å². The Morgan fingerprint density at radius 2 is 2.10 bits per heavy atom. The van der Waals surface area contributed by atoms with E-state index in [-0.39, 0.29) is 22.4 Å². The molecule has 0 unspecified atom stereocenters. The number of carbonyl (C=O) groups is 2. The van der Waals surface area contributed by atoms with Gasteiger partial charge < -0.3 is 9.80 Å². The highest BCUT2D eigenvalue weighted by atomic mass is 35.5. The molecule has 2 amide bonds. The maximum absolute atomic E-state index is 13.8. The molecule has 8 heteroatoms. The first-order valence-corrected chi connectivity index (χ1v) is 10.6. The van der Waals surface area contributed by atoms with Crippen LogP contribution in [0.25, 0.3) is 6.08 Å². The van der Waals surface area contributed by atoms with E-state index >= 15 is 0 Å². The van der Waals surface area contributed by atoms with Gasteiger partial charge in [0.25, 0.3) is 5.91 Å². The molecule has 0 radical (unpaired) electrons. The number of halogens is 2. The summed E-state index contributed by atoms with van der Waals surface area (Å²) in [5.74, 6) is -0.578. The standard InChI is InChI=1S/C22H20ClFN4O2/c1-26-21(30)19-15-10-27(7-4-17(15)25-28(19)11-22(26)5-6-22)20(29)13-8-12-2-3-16(24)18(23)14(12)9-13/h2-3,9H,4-8,10-11H2,1H3. The average molecular weight is 427 g/mol. The summed E-state index contributed by atoms with van der Waals surface area (Å²) in [7, 11) is 1.87. The van der Waals surface area contributed by atoms with Gasteiger partial charge in [-0.05, 0) is 30.5 Å². The number of nitrogens with zero attached hydrogens (tertiary/aromatic N) is 4. The highest BCUT2D eigenvalue weighted by Gasteiger charge is 2.53. The molecular weight excluding hydrogens is 407 g/mol. The molecule has 1 fully saturated rings. The third kappa shape index (κ3) is 2.38. The number of benzene rings is 1. The Bertz CT molecular complexity index is 1180. The normalized spacial score (nSPS) is 20.8. The second-order valence-corrected chi connectivity index (χ2v) is 9.16. The summed E-state index contributed by atoms with van der Waals surface area (Å²) < 4.78 is 15.6. The lowest BCUT2D eigenvalue weighted by Gasteiger charge is -2.34. The summed E-state index contributed by atoms with van der Waals surface area (Å²) in [5.41, 5.74) is 4.38. The molecule has 2 aliphatic heterocycles. The highest BCUT2D eigenvalue weighted by molar-refractivity contribution is 6.32. The summed E-state index contributed by atoms with van der Waals surface area (Å²) in [5, 5.41) is 4.77. The number of rotatable bonds is 1. The fourth-order valence-corrected chi connectivity index (χ4v) is 5.28. The largest absolute Gasteiger partial charge is 0.334 e. The minimum absolute atomic E-state index is 0.00320. The van der Waals surface area contributed by atoms with Gasteiger partial charge in [0.15, 0.2) is 0 Å². The molecule has 6 rings (SSSR count). The average Bonchev–Trinajstić information content (AvgIpc) is 3.22. The van der Waals surface area contributed by atoms with Crippen molar-refractivity contribution in [2.75, 3.05) is 13.6 Å². The van der Waals surface area contributed by atoms with Crippen LogP contribution < -0.4 is 0 Å². The quantitative estimate of drug-likeness (QED) is 0.704. The Morgan fingerprint density at radius 3 is 2.87 bits per heavy atom. The molecule has 6 nitrogen and oxygen atoms in total. The van der Waals surface area contributed by atoms with Gasteiger partial charge in [-0.25, -0.2) is 4.39 Å². The molecule has 3 heterocycles. The third-order valence-electron chi connectivity index (χ3n) is 7.08. The van der Waals surface area contributed by atoms with E-state index in [0.717, 1.165) is 36.2 Å². The summed E-state index contributed by atoms with van der Waals surface area (Å²) in [6.45, 7) is 1.65. The van der Waals surface area contributed by atoms with Gasteiger partial charge in [0, 0.05) is 43.1 Å². The summed E-state index contributed by atoms with van der Waals surface area (Å²) in [6.07, 6.45) is 4.79. The smallest absolute Gasteiger partial charge is 0.272 e. The fourth-order valence-electron chi connectivity index (χ4n) is 5.04. The van der Waals surface area contributed by atoms with E-state index in [1.807, 2.05) is 16.6 Å². The number of hydrogen-bond acceptors (Lipinski definition) is 3. The van der Waals surface area contributed by atoms with Crippen LogP contribution in [0.4, 0.5) is 4.39 Å². The molecule has 30 heavy (non-hydrogen) atoms. The Hall–Kier alpha value is -2.67. The number of amides is 2. The van der Waals surface area contributed by atoms with Crippen LogP contribution >= 0.6 is 11.6 Å². The number of carbonyl (C=O) groups excluding carboxylic acids is 2. The maximum atomic E-state index is 13.8. The lowest BCUT2D eigenvalue weighted by Crippen LogP contribution is -2.48. The van der Waals surface area contributed by atoms with E-state index in [0.29, 0.717) is 42.8 Å². The van der Waals surface area contributed by atoms with Crippen LogP contribution in [0.3, 0.4) is 0 Å². The predicted molar refractivity (Wildman–Crippen MR) is 108 cm³/mol. The zero-order valence-corrected chi connectivity index (χ0v) is 17.3. The van der Waals surface area contributed by atoms with E-state index in [1.165, 1.54) is 6.07 Å². The van der Waals surface area contributed by atoms with Crippen molar-refractivity contribution in [2.24, 2.45) is 0 Å². The molecule has 2 aromatic rings. The van der Waals surface area contributed by atoms with Crippen molar-refractivity contribution in [3.63, 3.8) is 0 Å². The second-order valence-electron chi connectivity index (χ2n) is 8.78. The molecule has 1 aromatic carbocycles. The summed E-state index contributed by atoms with van der Waals surface area (Å²) in [4.78, 5) is 29.9. The van der Waals surface area contributed by atoms with Crippen LogP contribution in [0.2, 0.25) is 5.02 Å². The van der Waals surface area contributed by atoms with Crippen molar-refractivity contribution < 1.29 is 14.0 Å². The van der Waals surface area contributed by atoms with Crippen LogP contribution in [0, 0.1) is 5.82 Å². The van der Waals surface area contributed by atoms with Gasteiger partial charge in [-0.2, -0.15) is 5.10 Å². The Morgan fingerprint density at radius 1 is 1.30 bits per heavy atom. The Labute approximate surface area is 177 Å². The van der Waals surface area contributed by atoms with Crippen LogP contribution in [0.15, 0.2) is 17.7 Å². The van der Waals surface area contributed by atoms with E-state index in [4.69, 9.17) is 16.7 Å². The summed E-state index contributed by atoms with van der Waals surface area (Å²) >= 11 is 6.09. The second kappa shape index (κ2) is 5.94. The van der Waals surface area contributed by atoms with Crippen LogP contribution in [0.1, 0.15) is 45.7 Å². The van der Waals surface area contributed by atoms with Crippen molar-refractivity contribution in [1.29, 1.82) is 0 Å². The molecule has 1 spiro atoms. The van der Waals surface area contributed by atoms with E-state index in [2.05, 4.69) is 0 Å². The van der Waals surface area contributed by atoms with Gasteiger partial charge in [0.1, 0.15) is 11.5 Å². The number of likely N-dealkylation sites (N-methyl/N-ethyl adjacent to an activating group) is 1. The SMILES string of the molecule is CN1C(=O)c2c3c(nn2CC12CC2)CCN(C(=O)C1=Cc2c(ccc(F)c2Cl)C1)C3. The fraction of sp³-hybridized carbons (Fsp3) is 0.409. The number of hydrogen-bond donors (Lipinski definition) is 0. The molecule has 0 saturated heterocycles. The lowest BCUT2D eigenvalue weighted by atomic mass is 10.0. The van der Waals surface area contributed by atoms with Crippen LogP contribution in [-0.4, -0.2) is 50.5 Å². The first-order valence-electron chi connectivity index (χ1n) is 10.2. The summed E-state index contributed by atoms with van der Waals surface area (Å²) in [6, 6.07) is 3.02. The first-order chi connectivity index (χ1) is 14.4. The van der Waals surface area contributed by atoms with Gasteiger partial charge in [0.2, 0.25) is 5.91 Å². The van der Waals surface area contributed by atoms with Crippen molar-refractivity contribution in [3.05, 3.63) is 56.6 Å². The van der Waals surface area contributed by atoms with Crippen molar-refractivity contribution in [2.45, 2.75) is 44.3 Å². The van der Waals surface area contributed by atoms with Gasteiger partial charge in [-0.15, -0.1) is 0 Å². The van der Waals surface area contributed by atoms with Crippen LogP contribution in [-0.2, 0) is 30.7 Å². The van der Waals surface area contributed by atoms with Gasteiger partial charge in [-0.3, -0.25) is 14.3 Å². The third-order valence-corrected chi connectivity index (χ3v) is 7.46. The predicted octanol–water partition coefficient (Wildman–Crippen LogP) is 2.82. The monoisotopic (exact) mass is 426 g/mol. The lowest BCUT2D eigenvalue weighted by molar-refractivity contribution is -0.128. The van der Waals surface area contributed by atoms with Gasteiger partial charge >= 0.3 is 0 Å². The van der Waals surface area contributed by atoms with Crippen molar-refractivity contribution in [3.8, 4) is 0 Å². The number of fused-ring (bicyclic) bond motifs is 4. The number of aromatic nitrogens is 2. The van der Waals surface area contributed by atoms with E-state index in [1.54, 1.807) is 17.0 Å². The van der Waals surface area contributed by atoms with Gasteiger partial charge in [0.05, 0.1) is 29.3 Å². The van der Waals surface area contributed by atoms with E-state index < -0.39 is 5.82 Å². The van der Waals surface area contributed by atoms with Gasteiger partial charge in [-0.1, -0.05) is 17.7 Å². The highest BCUT2D eigenvalue weighted by Crippen LogP contribution is 2.46. The molecule has 0 atom stereocenters. The zero-order chi connectivity index (χ0) is 20.8. The molecule has 1 saturated carbocycles. The minimum atomic E-state index is -0.481. The van der Waals surface area contributed by atoms with Crippen LogP contribution in [0.5, 0.6) is 0 Å². The zero-order valence-electron chi connectivity index (χ0n) is 16.5. The molecule has 0 bridgehead atoms. The van der Waals surface area contributed by atoms with Crippen molar-refractivity contribution in [1.82, 2.24) is 19.6 Å². The van der Waals surface area contributed by atoms with Crippen molar-refractivity contribution >= 4 is 29.5 Å². The maximum Gasteiger partial charge on any atom is 0.272 e. The Kier molecular flexibility index (Phi) is 3.59. The topological polar surface area (TPSA) is 58.4 Å².